The number of halogens is 2. The van der Waals surface area contributed by atoms with Crippen molar-refractivity contribution >= 4 is 40.6 Å². The van der Waals surface area contributed by atoms with Crippen LogP contribution < -0.4 is 15.8 Å². The number of hydrogen-bond donors (Lipinski definition) is 1. The lowest BCUT2D eigenvalue weighted by Crippen LogP contribution is -2.49. The van der Waals surface area contributed by atoms with E-state index in [1.807, 2.05) is 22.8 Å². The average Bonchev–Trinajstić information content (AvgIpc) is 3.17. The highest BCUT2D eigenvalue weighted by Crippen LogP contribution is 2.24. The fourth-order valence-corrected chi connectivity index (χ4v) is 3.92. The molecule has 1 aliphatic heterocycles. The van der Waals surface area contributed by atoms with Crippen LogP contribution >= 0.6 is 23.2 Å². The zero-order valence-electron chi connectivity index (χ0n) is 17.6. The molecule has 0 spiro atoms. The van der Waals surface area contributed by atoms with Gasteiger partial charge in [0.05, 0.1) is 24.1 Å². The summed E-state index contributed by atoms with van der Waals surface area (Å²) in [6.45, 7) is 6.38. The van der Waals surface area contributed by atoms with E-state index >= 15 is 0 Å². The van der Waals surface area contributed by atoms with Crippen molar-refractivity contribution in [2.75, 3.05) is 42.9 Å². The molecular formula is C21H22Cl2N6O3. The first-order valence-corrected chi connectivity index (χ1v) is 10.8. The molecule has 1 fully saturated rings. The highest BCUT2D eigenvalue weighted by atomic mass is 35.5. The van der Waals surface area contributed by atoms with Gasteiger partial charge in [0.2, 0.25) is 5.91 Å². The van der Waals surface area contributed by atoms with Crippen LogP contribution in [0.3, 0.4) is 0 Å². The summed E-state index contributed by atoms with van der Waals surface area (Å²) in [5.41, 5.74) is 1.63. The fraction of sp³-hybridized carbons (Fsp3) is 0.333. The smallest absolute Gasteiger partial charge is 0.292 e. The summed E-state index contributed by atoms with van der Waals surface area (Å²) in [5.74, 6) is 0.872. The van der Waals surface area contributed by atoms with Gasteiger partial charge < -0.3 is 14.7 Å². The molecule has 168 valence electrons. The van der Waals surface area contributed by atoms with Crippen molar-refractivity contribution < 1.29 is 9.32 Å². The van der Waals surface area contributed by atoms with Crippen LogP contribution in [-0.2, 0) is 4.79 Å². The minimum Gasteiger partial charge on any atom is -0.366 e. The molecule has 0 atom stereocenters. The quantitative estimate of drug-likeness (QED) is 0.604. The highest BCUT2D eigenvalue weighted by molar-refractivity contribution is 6.33. The van der Waals surface area contributed by atoms with Crippen molar-refractivity contribution in [2.24, 2.45) is 0 Å². The molecule has 4 rings (SSSR count). The molecule has 1 saturated heterocycles. The summed E-state index contributed by atoms with van der Waals surface area (Å²) < 4.78 is 6.19. The molecule has 3 aromatic rings. The van der Waals surface area contributed by atoms with E-state index in [1.54, 1.807) is 31.3 Å². The summed E-state index contributed by atoms with van der Waals surface area (Å²) in [6.07, 6.45) is 1.59. The molecule has 1 amide bonds. The van der Waals surface area contributed by atoms with E-state index in [-0.39, 0.29) is 17.5 Å². The van der Waals surface area contributed by atoms with Crippen molar-refractivity contribution in [3.8, 4) is 5.69 Å². The molecule has 0 radical (unpaired) electrons. The van der Waals surface area contributed by atoms with Gasteiger partial charge >= 0.3 is 0 Å². The maximum atomic E-state index is 12.8. The number of nitrogens with zero attached hydrogens (tertiary/aromatic N) is 5. The maximum Gasteiger partial charge on any atom is 0.292 e. The van der Waals surface area contributed by atoms with E-state index < -0.39 is 5.56 Å². The van der Waals surface area contributed by atoms with Gasteiger partial charge in [-0.25, -0.2) is 0 Å². The maximum absolute atomic E-state index is 12.8. The zero-order valence-corrected chi connectivity index (χ0v) is 19.2. The van der Waals surface area contributed by atoms with Crippen molar-refractivity contribution in [1.29, 1.82) is 0 Å². The lowest BCUT2D eigenvalue weighted by Gasteiger charge is -2.35. The van der Waals surface area contributed by atoms with Crippen molar-refractivity contribution in [3.63, 3.8) is 0 Å². The van der Waals surface area contributed by atoms with E-state index in [0.29, 0.717) is 54.2 Å². The van der Waals surface area contributed by atoms with Crippen LogP contribution in [0, 0.1) is 13.8 Å². The molecule has 0 aliphatic carbocycles. The van der Waals surface area contributed by atoms with Crippen LogP contribution in [0.15, 0.2) is 39.8 Å². The third-order valence-corrected chi connectivity index (χ3v) is 6.04. The Morgan fingerprint density at radius 2 is 1.91 bits per heavy atom. The topological polar surface area (TPSA) is 96.5 Å². The van der Waals surface area contributed by atoms with Gasteiger partial charge in [0.15, 0.2) is 5.82 Å². The SMILES string of the molecule is Cc1cc(NC(=O)CN2CCN(c3cnn(-c4ccc(C)c(Cl)c4)c(=O)c3Cl)CC2)no1. The van der Waals surface area contributed by atoms with Crippen LogP contribution in [0.4, 0.5) is 11.5 Å². The van der Waals surface area contributed by atoms with E-state index in [4.69, 9.17) is 27.7 Å². The molecule has 1 N–H and O–H groups in total. The molecule has 9 nitrogen and oxygen atoms in total. The van der Waals surface area contributed by atoms with Gasteiger partial charge in [-0.05, 0) is 31.5 Å². The predicted molar refractivity (Wildman–Crippen MR) is 123 cm³/mol. The normalized spacial score (nSPS) is 14.6. The Balaban J connectivity index is 1.40. The van der Waals surface area contributed by atoms with Crippen molar-refractivity contribution in [1.82, 2.24) is 19.8 Å². The largest absolute Gasteiger partial charge is 0.366 e. The van der Waals surface area contributed by atoms with E-state index in [0.717, 1.165) is 5.56 Å². The van der Waals surface area contributed by atoms with Gasteiger partial charge in [0, 0.05) is 37.3 Å². The third-order valence-electron chi connectivity index (χ3n) is 5.28. The molecular weight excluding hydrogens is 455 g/mol. The molecule has 0 unspecified atom stereocenters. The summed E-state index contributed by atoms with van der Waals surface area (Å²) in [6, 6.07) is 6.95. The number of piperazine rings is 1. The number of nitrogens with one attached hydrogen (secondary N) is 1. The van der Waals surface area contributed by atoms with Crippen LogP contribution in [0.5, 0.6) is 0 Å². The van der Waals surface area contributed by atoms with Crippen LogP contribution in [0.1, 0.15) is 11.3 Å². The second-order valence-electron chi connectivity index (χ2n) is 7.63. The summed E-state index contributed by atoms with van der Waals surface area (Å²) in [5, 5.41) is 11.4. The van der Waals surface area contributed by atoms with Gasteiger partial charge in [0.1, 0.15) is 10.8 Å². The van der Waals surface area contributed by atoms with Gasteiger partial charge in [-0.2, -0.15) is 9.78 Å². The number of carbonyl (C=O) groups is 1. The molecule has 11 heteroatoms. The monoisotopic (exact) mass is 476 g/mol. The van der Waals surface area contributed by atoms with E-state index in [9.17, 15) is 9.59 Å². The number of aryl methyl sites for hydroxylation is 2. The second-order valence-corrected chi connectivity index (χ2v) is 8.41. The van der Waals surface area contributed by atoms with Crippen LogP contribution in [0.25, 0.3) is 5.69 Å². The molecule has 0 saturated carbocycles. The molecule has 32 heavy (non-hydrogen) atoms. The predicted octanol–water partition coefficient (Wildman–Crippen LogP) is 2.90. The zero-order chi connectivity index (χ0) is 22.8. The first-order valence-electron chi connectivity index (χ1n) is 10.1. The molecule has 1 aromatic carbocycles. The third kappa shape index (κ3) is 4.79. The standard InChI is InChI=1S/C21H22Cl2N6O3/c1-13-3-4-15(10-16(13)22)29-21(31)20(23)17(11-24-29)28-7-5-27(6-8-28)12-19(30)25-18-9-14(2)32-26-18/h3-4,9-11H,5-8,12H2,1-2H3,(H,25,26,30). The average molecular weight is 477 g/mol. The Bertz CT molecular complexity index is 1200. The Kier molecular flexibility index (Phi) is 6.50. The number of aromatic nitrogens is 3. The first kappa shape index (κ1) is 22.3. The number of carbonyl (C=O) groups excluding carboxylic acids is 1. The van der Waals surface area contributed by atoms with Crippen molar-refractivity contribution in [2.45, 2.75) is 13.8 Å². The van der Waals surface area contributed by atoms with E-state index in [1.165, 1.54) is 4.68 Å². The summed E-state index contributed by atoms with van der Waals surface area (Å²) >= 11 is 12.6. The summed E-state index contributed by atoms with van der Waals surface area (Å²) in [4.78, 5) is 29.1. The minimum atomic E-state index is -0.409. The number of anilines is 2. The number of hydrogen-bond acceptors (Lipinski definition) is 7. The molecule has 0 bridgehead atoms. The number of amides is 1. The van der Waals surface area contributed by atoms with E-state index in [2.05, 4.69) is 15.6 Å². The van der Waals surface area contributed by atoms with Crippen LogP contribution in [0.2, 0.25) is 10.0 Å². The van der Waals surface area contributed by atoms with Crippen LogP contribution in [-0.4, -0.2) is 58.5 Å². The number of benzene rings is 1. The van der Waals surface area contributed by atoms with Gasteiger partial charge in [-0.3, -0.25) is 14.5 Å². The Labute approximate surface area is 194 Å². The molecule has 1 aliphatic rings. The molecule has 2 aromatic heterocycles. The lowest BCUT2D eigenvalue weighted by molar-refractivity contribution is -0.117. The Morgan fingerprint density at radius 1 is 1.16 bits per heavy atom. The highest BCUT2D eigenvalue weighted by Gasteiger charge is 2.23. The molecule has 3 heterocycles. The van der Waals surface area contributed by atoms with Crippen molar-refractivity contribution in [3.05, 3.63) is 62.2 Å². The Hall–Kier alpha value is -2.88. The second kappa shape index (κ2) is 9.32. The number of rotatable bonds is 5. The summed E-state index contributed by atoms with van der Waals surface area (Å²) in [7, 11) is 0. The fourth-order valence-electron chi connectivity index (χ4n) is 3.50. The first-order chi connectivity index (χ1) is 15.3. The Morgan fingerprint density at radius 3 is 2.56 bits per heavy atom. The van der Waals surface area contributed by atoms with Gasteiger partial charge in [-0.1, -0.05) is 34.4 Å². The minimum absolute atomic E-state index is 0.101. The van der Waals surface area contributed by atoms with Gasteiger partial charge in [-0.15, -0.1) is 0 Å². The van der Waals surface area contributed by atoms with Gasteiger partial charge in [0.25, 0.3) is 5.56 Å². The lowest BCUT2D eigenvalue weighted by atomic mass is 10.2.